The largest absolute Gasteiger partial charge is 0.393 e. The van der Waals surface area contributed by atoms with E-state index in [9.17, 15) is 5.11 Å². The Bertz CT molecular complexity index is 1390. The maximum atomic E-state index is 9.83. The molecule has 1 aliphatic carbocycles. The number of pyridine rings is 1. The molecule has 3 aliphatic rings. The first-order valence-electron chi connectivity index (χ1n) is 10.8. The molecule has 1 aromatic heterocycles. The van der Waals surface area contributed by atoms with Crippen molar-refractivity contribution in [3.63, 3.8) is 0 Å². The molecule has 0 spiro atoms. The molecule has 1 saturated carbocycles. The lowest BCUT2D eigenvalue weighted by Gasteiger charge is -2.31. The fourth-order valence-electron chi connectivity index (χ4n) is 4.56. The summed E-state index contributed by atoms with van der Waals surface area (Å²) in [6.07, 6.45) is 6.29. The molecule has 0 amide bonds. The summed E-state index contributed by atoms with van der Waals surface area (Å²) >= 11 is 6.94. The number of anilines is 2. The lowest BCUT2D eigenvalue weighted by atomic mass is 9.79. The zero-order valence-electron chi connectivity index (χ0n) is 17.7. The minimum absolute atomic E-state index is 0.0986. The minimum atomic E-state index is -0.290. The number of allylic oxidation sites excluding steroid dienone is 2. The molecular weight excluding hydrogens is 436 g/mol. The van der Waals surface area contributed by atoms with E-state index in [1.807, 2.05) is 54.6 Å². The fraction of sp³-hybridized carbons (Fsp3) is 0.160. The predicted octanol–water partition coefficient (Wildman–Crippen LogP) is 4.62. The van der Waals surface area contributed by atoms with Gasteiger partial charge in [0.15, 0.2) is 0 Å². The summed E-state index contributed by atoms with van der Waals surface area (Å²) in [4.78, 5) is 14.0. The van der Waals surface area contributed by atoms with E-state index >= 15 is 0 Å². The highest BCUT2D eigenvalue weighted by molar-refractivity contribution is 6.38. The normalized spacial score (nSPS) is 25.7. The van der Waals surface area contributed by atoms with Gasteiger partial charge in [-0.05, 0) is 43.2 Å². The third-order valence-electron chi connectivity index (χ3n) is 6.41. The van der Waals surface area contributed by atoms with Gasteiger partial charge in [0.05, 0.1) is 34.6 Å². The van der Waals surface area contributed by atoms with Gasteiger partial charge < -0.3 is 10.4 Å². The molecule has 3 aromatic rings. The van der Waals surface area contributed by atoms with E-state index in [1.54, 1.807) is 18.6 Å². The van der Waals surface area contributed by atoms with E-state index in [0.29, 0.717) is 35.0 Å². The summed E-state index contributed by atoms with van der Waals surface area (Å²) in [7, 11) is 0. The van der Waals surface area contributed by atoms with Crippen molar-refractivity contribution in [2.75, 3.05) is 5.32 Å². The Morgan fingerprint density at radius 1 is 1.06 bits per heavy atom. The van der Waals surface area contributed by atoms with E-state index in [2.05, 4.69) is 10.3 Å². The number of aliphatic hydroxyl groups excluding tert-OH is 1. The van der Waals surface area contributed by atoms with Crippen molar-refractivity contribution in [3.05, 3.63) is 89.0 Å². The number of para-hydroxylation sites is 1. The van der Waals surface area contributed by atoms with Crippen molar-refractivity contribution in [1.82, 2.24) is 4.98 Å². The van der Waals surface area contributed by atoms with Gasteiger partial charge in [0.25, 0.3) is 5.84 Å². The lowest BCUT2D eigenvalue weighted by Crippen LogP contribution is -2.53. The Hall–Kier alpha value is -3.36. The van der Waals surface area contributed by atoms with Crippen LogP contribution < -0.4 is 11.2 Å². The smallest absolute Gasteiger partial charge is 0.266 e. The van der Waals surface area contributed by atoms with Crippen LogP contribution in [-0.2, 0) is 0 Å². The number of halogens is 1. The van der Waals surface area contributed by atoms with Gasteiger partial charge in [-0.3, -0.25) is 4.99 Å². The summed E-state index contributed by atoms with van der Waals surface area (Å²) in [5.41, 5.74) is 4.03. The molecule has 7 nitrogen and oxygen atoms in total. The SMILES string of the molecule is N[N+]12C=CN=CC1=C(C1CC(O)C1)N=C2c1ccc2ccc(Nc3ccccc3)nc2c1Cl. The van der Waals surface area contributed by atoms with Gasteiger partial charge in [0, 0.05) is 17.0 Å². The van der Waals surface area contributed by atoms with Crippen LogP contribution in [0.4, 0.5) is 11.5 Å². The second-order valence-corrected chi connectivity index (χ2v) is 8.95. The van der Waals surface area contributed by atoms with Crippen molar-refractivity contribution in [2.24, 2.45) is 21.7 Å². The van der Waals surface area contributed by atoms with Gasteiger partial charge in [0.1, 0.15) is 17.7 Å². The van der Waals surface area contributed by atoms with Crippen LogP contribution in [0.1, 0.15) is 18.4 Å². The Morgan fingerprint density at radius 2 is 1.85 bits per heavy atom. The number of fused-ring (bicyclic) bond motifs is 2. The number of benzene rings is 2. The highest BCUT2D eigenvalue weighted by Gasteiger charge is 2.48. The van der Waals surface area contributed by atoms with Crippen LogP contribution in [-0.4, -0.2) is 32.8 Å². The quantitative estimate of drug-likeness (QED) is 0.393. The average molecular weight is 458 g/mol. The number of amidine groups is 1. The molecule has 33 heavy (non-hydrogen) atoms. The summed E-state index contributed by atoms with van der Waals surface area (Å²) in [5.74, 6) is 8.33. The van der Waals surface area contributed by atoms with Crippen molar-refractivity contribution in [1.29, 1.82) is 0 Å². The number of nitrogens with two attached hydrogens (primary N) is 1. The van der Waals surface area contributed by atoms with Crippen LogP contribution in [0.25, 0.3) is 10.9 Å². The summed E-state index contributed by atoms with van der Waals surface area (Å²) < 4.78 is -0.0986. The van der Waals surface area contributed by atoms with Gasteiger partial charge in [0.2, 0.25) is 5.70 Å². The minimum Gasteiger partial charge on any atom is -0.393 e. The Labute approximate surface area is 195 Å². The van der Waals surface area contributed by atoms with E-state index in [4.69, 9.17) is 27.4 Å². The molecule has 0 radical (unpaired) electrons. The van der Waals surface area contributed by atoms with Gasteiger partial charge in [-0.25, -0.2) is 4.98 Å². The standard InChI is InChI=1S/C25H22ClN6O/c26-22-19(8-6-15-7-9-21(30-24(15)22)29-17-4-2-1-3-5-17)25-31-23(16-12-18(33)13-16)20-14-28-10-11-32(20,25)27/h1-11,14,16,18,33H,12-13,27H2,(H,29,30)/q+1. The third-order valence-corrected chi connectivity index (χ3v) is 6.79. The van der Waals surface area contributed by atoms with E-state index < -0.39 is 0 Å². The number of hydrogen-bond acceptors (Lipinski definition) is 6. The number of nitrogens with zero attached hydrogens (tertiary/aromatic N) is 4. The zero-order valence-corrected chi connectivity index (χ0v) is 18.4. The summed E-state index contributed by atoms with van der Waals surface area (Å²) in [6, 6.07) is 17.7. The van der Waals surface area contributed by atoms with Crippen LogP contribution in [0.2, 0.25) is 5.02 Å². The van der Waals surface area contributed by atoms with Crippen LogP contribution in [0.15, 0.2) is 88.4 Å². The summed E-state index contributed by atoms with van der Waals surface area (Å²) in [5, 5.41) is 14.6. The zero-order chi connectivity index (χ0) is 22.6. The second kappa shape index (κ2) is 7.60. The van der Waals surface area contributed by atoms with Crippen LogP contribution in [0.5, 0.6) is 0 Å². The van der Waals surface area contributed by atoms with Gasteiger partial charge in [-0.15, -0.1) is 4.59 Å². The molecule has 164 valence electrons. The predicted molar refractivity (Wildman–Crippen MR) is 131 cm³/mol. The fourth-order valence-corrected chi connectivity index (χ4v) is 4.86. The van der Waals surface area contributed by atoms with E-state index in [0.717, 1.165) is 28.0 Å². The van der Waals surface area contributed by atoms with Gasteiger partial charge in [-0.1, -0.05) is 35.9 Å². The van der Waals surface area contributed by atoms with E-state index in [-0.39, 0.29) is 16.6 Å². The molecule has 1 unspecified atom stereocenters. The monoisotopic (exact) mass is 457 g/mol. The molecular formula is C25H22ClN6O+. The highest BCUT2D eigenvalue weighted by atomic mass is 35.5. The lowest BCUT2D eigenvalue weighted by molar-refractivity contribution is -0.750. The first-order chi connectivity index (χ1) is 16.0. The van der Waals surface area contributed by atoms with Crippen molar-refractivity contribution in [3.8, 4) is 0 Å². The topological polar surface area (TPSA) is 95.9 Å². The number of quaternary nitrogens is 1. The Balaban J connectivity index is 1.43. The molecule has 1 fully saturated rings. The molecule has 0 bridgehead atoms. The molecule has 2 aliphatic heterocycles. The van der Waals surface area contributed by atoms with Crippen molar-refractivity contribution in [2.45, 2.75) is 18.9 Å². The maximum absolute atomic E-state index is 9.83. The number of aliphatic imine (C=N–C) groups is 2. The molecule has 0 saturated heterocycles. The summed E-state index contributed by atoms with van der Waals surface area (Å²) in [6.45, 7) is 0. The van der Waals surface area contributed by atoms with Crippen molar-refractivity contribution < 1.29 is 9.70 Å². The molecule has 1 atom stereocenters. The van der Waals surface area contributed by atoms with Gasteiger partial charge in [-0.2, -0.15) is 10.8 Å². The van der Waals surface area contributed by atoms with Gasteiger partial charge >= 0.3 is 0 Å². The molecule has 4 N–H and O–H groups in total. The number of nitrogens with one attached hydrogen (secondary N) is 1. The third kappa shape index (κ3) is 3.29. The van der Waals surface area contributed by atoms with E-state index in [1.165, 1.54) is 0 Å². The molecule has 3 heterocycles. The average Bonchev–Trinajstić information content (AvgIpc) is 3.11. The Kier molecular flexibility index (Phi) is 4.67. The maximum Gasteiger partial charge on any atom is 0.266 e. The first kappa shape index (κ1) is 20.3. The molecule has 6 rings (SSSR count). The number of hydrogen-bond donors (Lipinski definition) is 3. The highest BCUT2D eigenvalue weighted by Crippen LogP contribution is 2.43. The molecule has 8 heteroatoms. The number of aliphatic hydroxyl groups is 1. The molecule has 2 aromatic carbocycles. The Morgan fingerprint density at radius 3 is 2.64 bits per heavy atom. The second-order valence-electron chi connectivity index (χ2n) is 8.57. The van der Waals surface area contributed by atoms with Crippen LogP contribution in [0, 0.1) is 5.92 Å². The van der Waals surface area contributed by atoms with Crippen LogP contribution >= 0.6 is 11.6 Å². The number of aromatic nitrogens is 1. The van der Waals surface area contributed by atoms with Crippen molar-refractivity contribution >= 4 is 46.1 Å². The van der Waals surface area contributed by atoms with Crippen LogP contribution in [0.3, 0.4) is 0 Å². The first-order valence-corrected chi connectivity index (χ1v) is 11.2. The number of rotatable bonds is 4.